The van der Waals surface area contributed by atoms with Gasteiger partial charge < -0.3 is 11.2 Å². The molecule has 3 N–H and O–H groups in total. The van der Waals surface area contributed by atoms with Crippen molar-refractivity contribution in [1.82, 2.24) is 24.7 Å². The van der Waals surface area contributed by atoms with Crippen molar-refractivity contribution in [3.05, 3.63) is 71.4 Å². The summed E-state index contributed by atoms with van der Waals surface area (Å²) >= 11 is 7.26. The molecule has 10 heteroatoms. The standard InChI is InChI=1S/C22H20ClN7OS/c23-16-6-4-5-15(11-16)21-26-27-22(29(21)24)32-13-20(31)25-19-12-18(14-9-10-14)28-30(19)17-7-2-1-3-8-17/h1-8,11-12,14H,9-10,13,24H2,(H,25,31). The predicted octanol–water partition coefficient (Wildman–Crippen LogP) is 4.11. The third-order valence-corrected chi connectivity index (χ3v) is 6.25. The fourth-order valence-corrected chi connectivity index (χ4v) is 4.19. The van der Waals surface area contributed by atoms with Crippen LogP contribution in [0.15, 0.2) is 65.8 Å². The van der Waals surface area contributed by atoms with Crippen LogP contribution in [0.2, 0.25) is 5.02 Å². The van der Waals surface area contributed by atoms with Crippen LogP contribution in [-0.4, -0.2) is 36.3 Å². The van der Waals surface area contributed by atoms with Gasteiger partial charge in [0, 0.05) is 22.6 Å². The molecular weight excluding hydrogens is 446 g/mol. The van der Waals surface area contributed by atoms with E-state index in [-0.39, 0.29) is 11.7 Å². The lowest BCUT2D eigenvalue weighted by molar-refractivity contribution is -0.113. The molecule has 0 saturated heterocycles. The zero-order valence-electron chi connectivity index (χ0n) is 17.0. The largest absolute Gasteiger partial charge is 0.335 e. The summed E-state index contributed by atoms with van der Waals surface area (Å²) in [5.41, 5.74) is 2.66. The van der Waals surface area contributed by atoms with E-state index >= 15 is 0 Å². The molecule has 2 aromatic carbocycles. The van der Waals surface area contributed by atoms with Gasteiger partial charge in [-0.1, -0.05) is 53.7 Å². The normalized spacial score (nSPS) is 13.3. The van der Waals surface area contributed by atoms with Gasteiger partial charge in [-0.3, -0.25) is 4.79 Å². The summed E-state index contributed by atoms with van der Waals surface area (Å²) in [5.74, 6) is 7.71. The number of carbonyl (C=O) groups excluding carboxylic acids is 1. The van der Waals surface area contributed by atoms with E-state index in [1.165, 1.54) is 16.4 Å². The molecule has 1 fully saturated rings. The van der Waals surface area contributed by atoms with Crippen molar-refractivity contribution in [2.24, 2.45) is 0 Å². The number of nitrogens with two attached hydrogens (primary N) is 1. The first-order chi connectivity index (χ1) is 15.6. The second-order valence-corrected chi connectivity index (χ2v) is 8.88. The van der Waals surface area contributed by atoms with Crippen LogP contribution in [0.25, 0.3) is 17.1 Å². The molecule has 1 aliphatic carbocycles. The van der Waals surface area contributed by atoms with Crippen molar-refractivity contribution in [2.45, 2.75) is 23.9 Å². The van der Waals surface area contributed by atoms with Crippen molar-refractivity contribution in [3.63, 3.8) is 0 Å². The Labute approximate surface area is 193 Å². The highest BCUT2D eigenvalue weighted by Gasteiger charge is 2.28. The molecule has 4 aromatic rings. The lowest BCUT2D eigenvalue weighted by Gasteiger charge is -2.09. The smallest absolute Gasteiger partial charge is 0.236 e. The Morgan fingerprint density at radius 1 is 1.12 bits per heavy atom. The summed E-state index contributed by atoms with van der Waals surface area (Å²) in [6.07, 6.45) is 2.27. The minimum absolute atomic E-state index is 0.129. The van der Waals surface area contributed by atoms with E-state index in [4.69, 9.17) is 22.5 Å². The number of hydrogen-bond donors (Lipinski definition) is 2. The molecule has 0 atom stereocenters. The molecular formula is C22H20ClN7OS. The van der Waals surface area contributed by atoms with Crippen LogP contribution in [0.4, 0.5) is 5.82 Å². The van der Waals surface area contributed by atoms with Crippen molar-refractivity contribution in [1.29, 1.82) is 0 Å². The number of halogens is 1. The Balaban J connectivity index is 1.29. The molecule has 1 saturated carbocycles. The Hall–Kier alpha value is -3.30. The third-order valence-electron chi connectivity index (χ3n) is 5.07. The highest BCUT2D eigenvalue weighted by Crippen LogP contribution is 2.40. The van der Waals surface area contributed by atoms with Crippen LogP contribution >= 0.6 is 23.4 Å². The number of nitrogens with one attached hydrogen (secondary N) is 1. The number of aromatic nitrogens is 5. The fourth-order valence-electron chi connectivity index (χ4n) is 3.34. The minimum Gasteiger partial charge on any atom is -0.335 e. The van der Waals surface area contributed by atoms with Crippen molar-refractivity contribution in [3.8, 4) is 17.1 Å². The van der Waals surface area contributed by atoms with E-state index in [0.29, 0.717) is 27.7 Å². The quantitative estimate of drug-likeness (QED) is 0.314. The number of rotatable bonds is 7. The number of hydrogen-bond acceptors (Lipinski definition) is 6. The lowest BCUT2D eigenvalue weighted by atomic mass is 10.2. The van der Waals surface area contributed by atoms with Crippen LogP contribution in [0.1, 0.15) is 24.5 Å². The van der Waals surface area contributed by atoms with Crippen molar-refractivity contribution < 1.29 is 4.79 Å². The molecule has 2 heterocycles. The van der Waals surface area contributed by atoms with Crippen molar-refractivity contribution >= 4 is 35.1 Å². The molecule has 0 radical (unpaired) electrons. The second-order valence-electron chi connectivity index (χ2n) is 7.50. The Morgan fingerprint density at radius 2 is 1.94 bits per heavy atom. The Bertz CT molecular complexity index is 1270. The number of nitrogen functional groups attached to an aromatic ring is 1. The van der Waals surface area contributed by atoms with E-state index < -0.39 is 0 Å². The average Bonchev–Trinajstić information content (AvgIpc) is 3.47. The highest BCUT2D eigenvalue weighted by atomic mass is 35.5. The van der Waals surface area contributed by atoms with Gasteiger partial charge in [-0.05, 0) is 37.1 Å². The molecule has 0 aliphatic heterocycles. The van der Waals surface area contributed by atoms with Gasteiger partial charge >= 0.3 is 0 Å². The monoisotopic (exact) mass is 465 g/mol. The van der Waals surface area contributed by atoms with E-state index in [2.05, 4.69) is 15.5 Å². The summed E-state index contributed by atoms with van der Waals surface area (Å²) in [7, 11) is 0. The maximum Gasteiger partial charge on any atom is 0.236 e. The van der Waals surface area contributed by atoms with Gasteiger partial charge in [0.05, 0.1) is 17.1 Å². The van der Waals surface area contributed by atoms with Gasteiger partial charge in [0.1, 0.15) is 5.82 Å². The number of nitrogens with zero attached hydrogens (tertiary/aromatic N) is 5. The van der Waals surface area contributed by atoms with Gasteiger partial charge in [-0.25, -0.2) is 9.36 Å². The summed E-state index contributed by atoms with van der Waals surface area (Å²) < 4.78 is 3.14. The first-order valence-corrected chi connectivity index (χ1v) is 11.5. The van der Waals surface area contributed by atoms with E-state index in [1.54, 1.807) is 16.8 Å². The van der Waals surface area contributed by atoms with E-state index in [0.717, 1.165) is 29.8 Å². The summed E-state index contributed by atoms with van der Waals surface area (Å²) in [4.78, 5) is 12.7. The molecule has 2 aromatic heterocycles. The fraction of sp³-hybridized carbons (Fsp3) is 0.182. The van der Waals surface area contributed by atoms with Crippen LogP contribution < -0.4 is 11.2 Å². The van der Waals surface area contributed by atoms with E-state index in [1.807, 2.05) is 48.5 Å². The summed E-state index contributed by atoms with van der Waals surface area (Å²) in [6, 6.07) is 18.9. The topological polar surface area (TPSA) is 104 Å². The average molecular weight is 466 g/mol. The van der Waals surface area contributed by atoms with Crippen LogP contribution in [0.3, 0.4) is 0 Å². The van der Waals surface area contributed by atoms with Crippen LogP contribution in [0.5, 0.6) is 0 Å². The van der Waals surface area contributed by atoms with Crippen molar-refractivity contribution in [2.75, 3.05) is 16.9 Å². The highest BCUT2D eigenvalue weighted by molar-refractivity contribution is 7.99. The number of carbonyl (C=O) groups is 1. The van der Waals surface area contributed by atoms with Gasteiger partial charge in [-0.15, -0.1) is 10.2 Å². The molecule has 1 aliphatic rings. The molecule has 1 amide bonds. The minimum atomic E-state index is -0.179. The van der Waals surface area contributed by atoms with Gasteiger partial charge in [0.15, 0.2) is 5.82 Å². The zero-order valence-corrected chi connectivity index (χ0v) is 18.6. The molecule has 0 unspecified atom stereocenters. The second kappa shape index (κ2) is 8.68. The summed E-state index contributed by atoms with van der Waals surface area (Å²) in [5, 5.41) is 16.9. The Kier molecular flexibility index (Phi) is 5.59. The van der Waals surface area contributed by atoms with Gasteiger partial charge in [0.25, 0.3) is 0 Å². The number of benzene rings is 2. The molecule has 0 bridgehead atoms. The lowest BCUT2D eigenvalue weighted by Crippen LogP contribution is -2.18. The first kappa shape index (κ1) is 20.6. The first-order valence-electron chi connectivity index (χ1n) is 10.1. The molecule has 162 valence electrons. The maximum atomic E-state index is 12.7. The van der Waals surface area contributed by atoms with Gasteiger partial charge in [-0.2, -0.15) is 5.10 Å². The van der Waals surface area contributed by atoms with Crippen LogP contribution in [-0.2, 0) is 4.79 Å². The molecule has 5 rings (SSSR count). The number of para-hydroxylation sites is 1. The zero-order chi connectivity index (χ0) is 22.1. The van der Waals surface area contributed by atoms with Gasteiger partial charge in [0.2, 0.25) is 11.1 Å². The van der Waals surface area contributed by atoms with E-state index in [9.17, 15) is 4.79 Å². The summed E-state index contributed by atoms with van der Waals surface area (Å²) in [6.45, 7) is 0. The SMILES string of the molecule is Nn1c(SCC(=O)Nc2cc(C3CC3)nn2-c2ccccc2)nnc1-c1cccc(Cl)c1. The Morgan fingerprint density at radius 3 is 2.69 bits per heavy atom. The number of amides is 1. The predicted molar refractivity (Wildman–Crippen MR) is 126 cm³/mol. The third kappa shape index (κ3) is 4.35. The maximum absolute atomic E-state index is 12.7. The van der Waals surface area contributed by atoms with Crippen LogP contribution in [0, 0.1) is 0 Å². The molecule has 32 heavy (non-hydrogen) atoms. The molecule has 0 spiro atoms. The number of thioether (sulfide) groups is 1. The molecule has 8 nitrogen and oxygen atoms in total. The number of anilines is 1.